The molecule has 6 nitrogen and oxygen atoms in total. The molecule has 0 amide bonds. The van der Waals surface area contributed by atoms with Crippen LogP contribution in [0.15, 0.2) is 17.0 Å². The number of rotatable bonds is 2. The van der Waals surface area contributed by atoms with Crippen LogP contribution in [-0.2, 0) is 10.2 Å². The molecule has 0 unspecified atom stereocenters. The maximum Gasteiger partial charge on any atom is 0.332 e. The lowest BCUT2D eigenvalue weighted by molar-refractivity contribution is -0.386. The van der Waals surface area contributed by atoms with Crippen molar-refractivity contribution in [3.05, 3.63) is 27.8 Å². The van der Waals surface area contributed by atoms with E-state index < -0.39 is 31.5 Å². The predicted octanol–water partition coefficient (Wildman–Crippen LogP) is 1.27. The quantitative estimate of drug-likeness (QED) is 0.472. The van der Waals surface area contributed by atoms with Gasteiger partial charge in [0.25, 0.3) is 0 Å². The van der Waals surface area contributed by atoms with Gasteiger partial charge in [0.05, 0.1) is 4.92 Å². The molecule has 0 spiro atoms. The first kappa shape index (κ1) is 11.4. The third kappa shape index (κ3) is 2.21. The first-order chi connectivity index (χ1) is 6.73. The molecule has 0 aliphatic heterocycles. The molecule has 15 heavy (non-hydrogen) atoms. The van der Waals surface area contributed by atoms with Crippen molar-refractivity contribution in [2.75, 3.05) is 0 Å². The highest BCUT2D eigenvalue weighted by Gasteiger charge is 2.23. The molecule has 1 aromatic carbocycles. The highest BCUT2D eigenvalue weighted by Crippen LogP contribution is 2.31. The van der Waals surface area contributed by atoms with Crippen molar-refractivity contribution in [2.24, 2.45) is 0 Å². The van der Waals surface area contributed by atoms with Crippen molar-refractivity contribution in [2.45, 2.75) is 11.8 Å². The van der Waals surface area contributed by atoms with Gasteiger partial charge in [-0.15, -0.1) is 3.89 Å². The van der Waals surface area contributed by atoms with Crippen LogP contribution in [0, 0.1) is 17.0 Å². The molecule has 1 N–H and O–H groups in total. The number of halogens is 1. The van der Waals surface area contributed by atoms with Gasteiger partial charge in [0, 0.05) is 6.07 Å². The Morgan fingerprint density at radius 1 is 1.47 bits per heavy atom. The molecule has 0 saturated heterocycles. The molecule has 0 aromatic heterocycles. The Labute approximate surface area is 84.3 Å². The summed E-state index contributed by atoms with van der Waals surface area (Å²) >= 11 is 0. The van der Waals surface area contributed by atoms with Gasteiger partial charge in [-0.05, 0) is 18.6 Å². The van der Waals surface area contributed by atoms with Gasteiger partial charge in [0.1, 0.15) is 4.90 Å². The van der Waals surface area contributed by atoms with Crippen molar-refractivity contribution >= 4 is 15.9 Å². The van der Waals surface area contributed by atoms with Crippen molar-refractivity contribution < 1.29 is 22.3 Å². The zero-order valence-corrected chi connectivity index (χ0v) is 8.28. The van der Waals surface area contributed by atoms with Crippen LogP contribution >= 0.6 is 0 Å². The number of nitro groups is 1. The monoisotopic (exact) mass is 235 g/mol. The number of aromatic hydroxyl groups is 1. The zero-order valence-electron chi connectivity index (χ0n) is 7.47. The van der Waals surface area contributed by atoms with Gasteiger partial charge in [0.15, 0.2) is 5.75 Å². The molecule has 8 heteroatoms. The molecule has 0 aliphatic rings. The van der Waals surface area contributed by atoms with Gasteiger partial charge < -0.3 is 5.11 Å². The first-order valence-corrected chi connectivity index (χ1v) is 5.04. The molecule has 1 aromatic rings. The smallest absolute Gasteiger partial charge is 0.332 e. The molecule has 0 heterocycles. The lowest BCUT2D eigenvalue weighted by Gasteiger charge is -2.02. The summed E-state index contributed by atoms with van der Waals surface area (Å²) < 4.78 is 33.8. The Hall–Kier alpha value is -1.70. The number of hydrogen-bond acceptors (Lipinski definition) is 5. The van der Waals surface area contributed by atoms with Crippen LogP contribution in [0.4, 0.5) is 9.57 Å². The Morgan fingerprint density at radius 3 is 2.40 bits per heavy atom. The van der Waals surface area contributed by atoms with E-state index in [-0.39, 0.29) is 5.56 Å². The average molecular weight is 235 g/mol. The number of phenols is 1. The molecule has 0 radical (unpaired) electrons. The Bertz CT molecular complexity index is 524. The first-order valence-electron chi connectivity index (χ1n) is 3.66. The summed E-state index contributed by atoms with van der Waals surface area (Å²) in [5.41, 5.74) is -0.947. The second-order valence-corrected chi connectivity index (χ2v) is 4.12. The van der Waals surface area contributed by atoms with E-state index in [0.29, 0.717) is 6.07 Å². The van der Waals surface area contributed by atoms with Crippen molar-refractivity contribution in [1.82, 2.24) is 0 Å². The lowest BCUT2D eigenvalue weighted by atomic mass is 10.2. The largest absolute Gasteiger partial charge is 0.502 e. The highest BCUT2D eigenvalue weighted by molar-refractivity contribution is 7.86. The van der Waals surface area contributed by atoms with Crippen LogP contribution in [0.25, 0.3) is 0 Å². The van der Waals surface area contributed by atoms with E-state index in [9.17, 15) is 22.4 Å². The summed E-state index contributed by atoms with van der Waals surface area (Å²) in [6, 6.07) is 1.31. The van der Waals surface area contributed by atoms with E-state index >= 15 is 0 Å². The van der Waals surface area contributed by atoms with E-state index in [1.165, 1.54) is 6.92 Å². The molecule has 82 valence electrons. The highest BCUT2D eigenvalue weighted by atomic mass is 32.3. The van der Waals surface area contributed by atoms with Gasteiger partial charge in [-0.25, -0.2) is 0 Å². The summed E-state index contributed by atoms with van der Waals surface area (Å²) in [4.78, 5) is 8.53. The van der Waals surface area contributed by atoms with Crippen LogP contribution in [0.2, 0.25) is 0 Å². The van der Waals surface area contributed by atoms with Crippen molar-refractivity contribution in [3.63, 3.8) is 0 Å². The standard InChI is InChI=1S/C7H6FNO5S/c1-4-2-6(10)5(9(11)12)3-7(4)15(8,13)14/h2-3,10H,1H3. The second-order valence-electron chi connectivity index (χ2n) is 2.80. The predicted molar refractivity (Wildman–Crippen MR) is 47.8 cm³/mol. The topological polar surface area (TPSA) is 97.5 Å². The molecule has 0 fully saturated rings. The average Bonchev–Trinajstić information content (AvgIpc) is 2.00. The fourth-order valence-electron chi connectivity index (χ4n) is 1.07. The fraction of sp³-hybridized carbons (Fsp3) is 0.143. The molecule has 0 saturated carbocycles. The van der Waals surface area contributed by atoms with E-state index in [0.717, 1.165) is 6.07 Å². The van der Waals surface area contributed by atoms with Gasteiger partial charge in [0.2, 0.25) is 0 Å². The van der Waals surface area contributed by atoms with Gasteiger partial charge in [-0.2, -0.15) is 8.42 Å². The maximum atomic E-state index is 12.6. The third-order valence-electron chi connectivity index (χ3n) is 1.73. The zero-order chi connectivity index (χ0) is 11.8. The minimum Gasteiger partial charge on any atom is -0.502 e. The number of nitrogens with zero attached hydrogens (tertiary/aromatic N) is 1. The Balaban J connectivity index is 3.58. The van der Waals surface area contributed by atoms with E-state index in [2.05, 4.69) is 0 Å². The van der Waals surface area contributed by atoms with E-state index in [1.807, 2.05) is 0 Å². The Morgan fingerprint density at radius 2 is 2.00 bits per heavy atom. The fourth-order valence-corrected chi connectivity index (χ4v) is 1.77. The van der Waals surface area contributed by atoms with Crippen LogP contribution < -0.4 is 0 Å². The number of benzene rings is 1. The van der Waals surface area contributed by atoms with Crippen LogP contribution in [0.1, 0.15) is 5.56 Å². The summed E-state index contributed by atoms with van der Waals surface area (Å²) in [6.07, 6.45) is 0. The van der Waals surface area contributed by atoms with Crippen molar-refractivity contribution in [3.8, 4) is 5.75 Å². The van der Waals surface area contributed by atoms with E-state index in [1.54, 1.807) is 0 Å². The number of hydrogen-bond donors (Lipinski definition) is 1. The van der Waals surface area contributed by atoms with Gasteiger partial charge in [-0.3, -0.25) is 10.1 Å². The van der Waals surface area contributed by atoms with Crippen LogP contribution in [0.3, 0.4) is 0 Å². The summed E-state index contributed by atoms with van der Waals surface area (Å²) in [7, 11) is -5.02. The van der Waals surface area contributed by atoms with Gasteiger partial charge in [-0.1, -0.05) is 0 Å². The second kappa shape index (κ2) is 3.46. The molecular weight excluding hydrogens is 229 g/mol. The summed E-state index contributed by atoms with van der Waals surface area (Å²) in [6.45, 7) is 1.22. The van der Waals surface area contributed by atoms with Gasteiger partial charge >= 0.3 is 15.9 Å². The molecular formula is C7H6FNO5S. The normalized spacial score (nSPS) is 11.3. The molecule has 1 rings (SSSR count). The third-order valence-corrected chi connectivity index (χ3v) is 2.70. The molecule has 0 bridgehead atoms. The molecule has 0 aliphatic carbocycles. The van der Waals surface area contributed by atoms with Crippen molar-refractivity contribution in [1.29, 1.82) is 0 Å². The number of aryl methyl sites for hydroxylation is 1. The SMILES string of the molecule is Cc1cc(O)c([N+](=O)[O-])cc1S(=O)(=O)F. The number of phenolic OH excluding ortho intramolecular Hbond substituents is 1. The van der Waals surface area contributed by atoms with Crippen LogP contribution in [0.5, 0.6) is 5.75 Å². The van der Waals surface area contributed by atoms with E-state index in [4.69, 9.17) is 5.11 Å². The Kier molecular flexibility index (Phi) is 2.63. The molecule has 0 atom stereocenters. The lowest BCUT2D eigenvalue weighted by Crippen LogP contribution is -1.98. The minimum absolute atomic E-state index is 0.0967. The number of nitro benzene ring substituents is 1. The van der Waals surface area contributed by atoms with Crippen LogP contribution in [-0.4, -0.2) is 18.4 Å². The maximum absolute atomic E-state index is 12.6. The summed E-state index contributed by atoms with van der Waals surface area (Å²) in [5.74, 6) is -0.704. The summed E-state index contributed by atoms with van der Waals surface area (Å²) in [5, 5.41) is 19.4. The minimum atomic E-state index is -5.02.